The van der Waals surface area contributed by atoms with Gasteiger partial charge in [0.25, 0.3) is 0 Å². The van der Waals surface area contributed by atoms with Crippen molar-refractivity contribution in [2.24, 2.45) is 5.92 Å². The second-order valence-electron chi connectivity index (χ2n) is 6.55. The van der Waals surface area contributed by atoms with Crippen molar-refractivity contribution in [1.82, 2.24) is 19.4 Å². The summed E-state index contributed by atoms with van der Waals surface area (Å²) in [5, 5.41) is 11.6. The molecule has 3 heterocycles. The van der Waals surface area contributed by atoms with Gasteiger partial charge in [-0.15, -0.1) is 0 Å². The van der Waals surface area contributed by atoms with Crippen molar-refractivity contribution in [3.8, 4) is 0 Å². The van der Waals surface area contributed by atoms with Gasteiger partial charge in [0.05, 0.1) is 17.9 Å². The summed E-state index contributed by atoms with van der Waals surface area (Å²) in [4.78, 5) is 22.5. The van der Waals surface area contributed by atoms with Gasteiger partial charge in [0, 0.05) is 43.0 Å². The number of β-amino-alcohol motifs (C(OH)–C–C–N with tert-alkyl or cyclic N) is 1. The van der Waals surface area contributed by atoms with Crippen molar-refractivity contribution in [3.63, 3.8) is 0 Å². The molecule has 1 fully saturated rings. The van der Waals surface area contributed by atoms with Gasteiger partial charge in [-0.1, -0.05) is 18.2 Å². The maximum Gasteiger partial charge on any atom is 0.242 e. The van der Waals surface area contributed by atoms with Crippen LogP contribution in [0.3, 0.4) is 0 Å². The van der Waals surface area contributed by atoms with Gasteiger partial charge in [0.1, 0.15) is 6.54 Å². The molecule has 128 valence electrons. The Morgan fingerprint density at radius 2 is 2.08 bits per heavy atom. The number of rotatable bonds is 4. The third-order valence-corrected chi connectivity index (χ3v) is 4.86. The lowest BCUT2D eigenvalue weighted by atomic mass is 9.94. The molecule has 0 bridgehead atoms. The number of carbonyl (C=O) groups excluding carboxylic acids is 1. The molecule has 6 heteroatoms. The number of imidazole rings is 1. The molecule has 4 rings (SSSR count). The van der Waals surface area contributed by atoms with Crippen LogP contribution in [0.5, 0.6) is 0 Å². The highest BCUT2D eigenvalue weighted by molar-refractivity contribution is 5.82. The van der Waals surface area contributed by atoms with Crippen molar-refractivity contribution < 1.29 is 9.90 Å². The van der Waals surface area contributed by atoms with Crippen molar-refractivity contribution in [2.45, 2.75) is 19.1 Å². The highest BCUT2D eigenvalue weighted by Gasteiger charge is 2.34. The second kappa shape index (κ2) is 6.64. The van der Waals surface area contributed by atoms with Crippen LogP contribution in [0.15, 0.2) is 55.2 Å². The molecule has 3 aromatic rings. The number of carbonyl (C=O) groups is 1. The first-order valence-corrected chi connectivity index (χ1v) is 8.45. The summed E-state index contributed by atoms with van der Waals surface area (Å²) >= 11 is 0. The summed E-state index contributed by atoms with van der Waals surface area (Å²) < 4.78 is 1.75. The fourth-order valence-corrected chi connectivity index (χ4v) is 3.51. The molecule has 0 saturated carbocycles. The first-order valence-electron chi connectivity index (χ1n) is 8.45. The van der Waals surface area contributed by atoms with Crippen LogP contribution in [0.4, 0.5) is 0 Å². The quantitative estimate of drug-likeness (QED) is 0.784. The molecule has 0 unspecified atom stereocenters. The van der Waals surface area contributed by atoms with Crippen LogP contribution in [0.1, 0.15) is 5.56 Å². The Bertz CT molecular complexity index is 873. The Morgan fingerprint density at radius 3 is 2.92 bits per heavy atom. The zero-order chi connectivity index (χ0) is 17.2. The number of fused-ring (bicyclic) bond motifs is 1. The average Bonchev–Trinajstić information content (AvgIpc) is 3.25. The van der Waals surface area contributed by atoms with E-state index in [9.17, 15) is 9.90 Å². The predicted octanol–water partition coefficient (Wildman–Crippen LogP) is 1.49. The molecule has 2 aromatic heterocycles. The number of aliphatic hydroxyl groups excluding tert-OH is 1. The topological polar surface area (TPSA) is 71.2 Å². The van der Waals surface area contributed by atoms with E-state index in [0.29, 0.717) is 13.1 Å². The molecule has 6 nitrogen and oxygen atoms in total. The van der Waals surface area contributed by atoms with Gasteiger partial charge >= 0.3 is 0 Å². The number of aromatic nitrogens is 3. The Labute approximate surface area is 145 Å². The molecule has 1 aliphatic heterocycles. The lowest BCUT2D eigenvalue weighted by Gasteiger charge is -2.17. The van der Waals surface area contributed by atoms with E-state index >= 15 is 0 Å². The molecule has 1 aromatic carbocycles. The molecular weight excluding hydrogens is 316 g/mol. The number of likely N-dealkylation sites (tertiary alicyclic amines) is 1. The molecule has 25 heavy (non-hydrogen) atoms. The van der Waals surface area contributed by atoms with Crippen LogP contribution in [0, 0.1) is 5.92 Å². The normalized spacial score (nSPS) is 20.3. The van der Waals surface area contributed by atoms with Crippen molar-refractivity contribution in [3.05, 3.63) is 60.8 Å². The van der Waals surface area contributed by atoms with Crippen LogP contribution in [-0.2, 0) is 17.8 Å². The zero-order valence-corrected chi connectivity index (χ0v) is 13.8. The Balaban J connectivity index is 1.47. The van der Waals surface area contributed by atoms with E-state index in [0.717, 1.165) is 17.3 Å². The van der Waals surface area contributed by atoms with Gasteiger partial charge < -0.3 is 14.6 Å². The van der Waals surface area contributed by atoms with Crippen molar-refractivity contribution in [1.29, 1.82) is 0 Å². The molecule has 0 radical (unpaired) electrons. The third kappa shape index (κ3) is 3.25. The number of pyridine rings is 1. The minimum Gasteiger partial charge on any atom is -0.391 e. The smallest absolute Gasteiger partial charge is 0.242 e. The van der Waals surface area contributed by atoms with E-state index in [2.05, 4.69) is 16.0 Å². The molecule has 1 amide bonds. The first kappa shape index (κ1) is 15.8. The van der Waals surface area contributed by atoms with Gasteiger partial charge in [-0.25, -0.2) is 4.98 Å². The monoisotopic (exact) mass is 336 g/mol. The molecule has 0 aliphatic carbocycles. The van der Waals surface area contributed by atoms with Gasteiger partial charge in [0.15, 0.2) is 0 Å². The highest BCUT2D eigenvalue weighted by Crippen LogP contribution is 2.25. The summed E-state index contributed by atoms with van der Waals surface area (Å²) in [6, 6.07) is 10.0. The van der Waals surface area contributed by atoms with E-state index in [4.69, 9.17) is 0 Å². The maximum absolute atomic E-state index is 12.4. The number of hydrogen-bond donors (Lipinski definition) is 1. The lowest BCUT2D eigenvalue weighted by Crippen LogP contribution is -2.32. The molecular formula is C19H20N4O2. The summed E-state index contributed by atoms with van der Waals surface area (Å²) in [6.07, 6.45) is 7.10. The Kier molecular flexibility index (Phi) is 4.19. The molecule has 1 aliphatic rings. The summed E-state index contributed by atoms with van der Waals surface area (Å²) in [7, 11) is 0. The van der Waals surface area contributed by atoms with Gasteiger partial charge in [-0.2, -0.15) is 0 Å². The number of para-hydroxylation sites is 1. The number of hydrogen-bond acceptors (Lipinski definition) is 4. The van der Waals surface area contributed by atoms with E-state index < -0.39 is 6.10 Å². The van der Waals surface area contributed by atoms with Crippen LogP contribution in [0.2, 0.25) is 0 Å². The fourth-order valence-electron chi connectivity index (χ4n) is 3.51. The average molecular weight is 336 g/mol. The van der Waals surface area contributed by atoms with Gasteiger partial charge in [-0.3, -0.25) is 9.78 Å². The SMILES string of the molecule is O=C(Cn1ccnc1)N1C[C@@H](Cc2ccnc3ccccc23)[C@H](O)C1. The lowest BCUT2D eigenvalue weighted by molar-refractivity contribution is -0.131. The standard InChI is InChI=1S/C19H20N4O2/c24-18-11-23(19(25)12-22-8-7-20-13-22)10-15(18)9-14-5-6-21-17-4-2-1-3-16(14)17/h1-8,13,15,18,24H,9-12H2/t15-,18-/m1/s1. The third-order valence-electron chi connectivity index (χ3n) is 4.86. The van der Waals surface area contributed by atoms with Gasteiger partial charge in [-0.05, 0) is 24.1 Å². The maximum atomic E-state index is 12.4. The predicted molar refractivity (Wildman–Crippen MR) is 93.8 cm³/mol. The van der Waals surface area contributed by atoms with Crippen molar-refractivity contribution >= 4 is 16.8 Å². The van der Waals surface area contributed by atoms with Gasteiger partial charge in [0.2, 0.25) is 5.91 Å². The summed E-state index contributed by atoms with van der Waals surface area (Å²) in [5.41, 5.74) is 2.12. The molecule has 0 spiro atoms. The number of nitrogens with zero attached hydrogens (tertiary/aromatic N) is 4. The van der Waals surface area contributed by atoms with E-state index in [1.165, 1.54) is 5.56 Å². The minimum absolute atomic E-state index is 0.0131. The molecule has 2 atom stereocenters. The van der Waals surface area contributed by atoms with Crippen molar-refractivity contribution in [2.75, 3.05) is 13.1 Å². The Hall–Kier alpha value is -2.73. The molecule has 1 N–H and O–H groups in total. The molecule has 1 saturated heterocycles. The summed E-state index contributed by atoms with van der Waals surface area (Å²) in [5.74, 6) is 0.0525. The van der Waals surface area contributed by atoms with Crippen LogP contribution in [0.25, 0.3) is 10.9 Å². The summed E-state index contributed by atoms with van der Waals surface area (Å²) in [6.45, 7) is 1.23. The second-order valence-corrected chi connectivity index (χ2v) is 6.55. The van der Waals surface area contributed by atoms with Crippen LogP contribution < -0.4 is 0 Å². The minimum atomic E-state index is -0.501. The fraction of sp³-hybridized carbons (Fsp3) is 0.316. The highest BCUT2D eigenvalue weighted by atomic mass is 16.3. The number of benzene rings is 1. The zero-order valence-electron chi connectivity index (χ0n) is 13.8. The number of amides is 1. The largest absolute Gasteiger partial charge is 0.391 e. The van der Waals surface area contributed by atoms with E-state index in [-0.39, 0.29) is 18.4 Å². The van der Waals surface area contributed by atoms with Crippen LogP contribution >= 0.6 is 0 Å². The first-order chi connectivity index (χ1) is 12.2. The van der Waals surface area contributed by atoms with E-state index in [1.807, 2.05) is 24.3 Å². The van der Waals surface area contributed by atoms with Crippen LogP contribution in [-0.4, -0.2) is 49.6 Å². The Morgan fingerprint density at radius 1 is 1.20 bits per heavy atom. The number of aliphatic hydroxyl groups is 1. The van der Waals surface area contributed by atoms with E-state index in [1.54, 1.807) is 34.4 Å².